The van der Waals surface area contributed by atoms with Crippen molar-refractivity contribution in [3.8, 4) is 0 Å². The second-order valence-electron chi connectivity index (χ2n) is 7.62. The fourth-order valence-corrected chi connectivity index (χ4v) is 4.35. The third-order valence-electron chi connectivity index (χ3n) is 5.74. The number of rotatable bonds is 2. The zero-order valence-electron chi connectivity index (χ0n) is 16.5. The molecule has 0 fully saturated rings. The first-order chi connectivity index (χ1) is 15.1. The molecule has 31 heavy (non-hydrogen) atoms. The van der Waals surface area contributed by atoms with E-state index >= 15 is 0 Å². The average Bonchev–Trinajstić information content (AvgIpc) is 3.35. The zero-order valence-corrected chi connectivity index (χ0v) is 16.5. The highest BCUT2D eigenvalue weighted by Gasteiger charge is 2.44. The van der Waals surface area contributed by atoms with Crippen molar-refractivity contribution >= 4 is 33.5 Å². The van der Waals surface area contributed by atoms with Crippen molar-refractivity contribution in [3.05, 3.63) is 106 Å². The lowest BCUT2D eigenvalue weighted by molar-refractivity contribution is 0.0969. The minimum Gasteiger partial charge on any atom is -0.450 e. The Labute approximate surface area is 176 Å². The first kappa shape index (κ1) is 17.7. The van der Waals surface area contributed by atoms with Crippen molar-refractivity contribution < 1.29 is 13.7 Å². The summed E-state index contributed by atoms with van der Waals surface area (Å²) in [5.74, 6) is 0.546. The average molecular weight is 408 g/mol. The van der Waals surface area contributed by atoms with E-state index in [4.69, 9.17) is 8.94 Å². The van der Waals surface area contributed by atoms with Crippen LogP contribution in [0.2, 0.25) is 0 Å². The van der Waals surface area contributed by atoms with Gasteiger partial charge in [-0.15, -0.1) is 0 Å². The maximum absolute atomic E-state index is 13.7. The Hall–Kier alpha value is -4.19. The number of nitrogens with zero attached hydrogens (tertiary/aromatic N) is 2. The molecule has 6 rings (SSSR count). The highest BCUT2D eigenvalue weighted by atomic mass is 16.5. The van der Waals surface area contributed by atoms with Crippen LogP contribution in [0.3, 0.4) is 0 Å². The SMILES string of the molecule is Cc1cc(N2C(=O)c3oc4c(ccc5ccccc54)c(=O)c3[C@@H]2c2ccccc2)no1. The number of carbonyl (C=O) groups excluding carboxylic acids is 1. The van der Waals surface area contributed by atoms with Crippen LogP contribution in [0, 0.1) is 6.92 Å². The van der Waals surface area contributed by atoms with Gasteiger partial charge < -0.3 is 8.94 Å². The lowest BCUT2D eigenvalue weighted by Crippen LogP contribution is -2.29. The van der Waals surface area contributed by atoms with Crippen LogP contribution in [0.1, 0.15) is 33.5 Å². The summed E-state index contributed by atoms with van der Waals surface area (Å²) in [6.45, 7) is 1.76. The van der Waals surface area contributed by atoms with E-state index in [1.807, 2.05) is 60.7 Å². The second-order valence-corrected chi connectivity index (χ2v) is 7.62. The molecule has 0 N–H and O–H groups in total. The number of hydrogen-bond acceptors (Lipinski definition) is 5. The lowest BCUT2D eigenvalue weighted by Gasteiger charge is -2.22. The molecule has 3 aromatic carbocycles. The van der Waals surface area contributed by atoms with Gasteiger partial charge in [0.15, 0.2) is 11.2 Å². The molecule has 0 saturated carbocycles. The number of hydrogen-bond donors (Lipinski definition) is 0. The maximum Gasteiger partial charge on any atom is 0.296 e. The Morgan fingerprint density at radius 3 is 2.45 bits per heavy atom. The molecule has 3 heterocycles. The maximum atomic E-state index is 13.7. The molecule has 0 radical (unpaired) electrons. The van der Waals surface area contributed by atoms with Crippen LogP contribution in [0.15, 0.2) is 86.5 Å². The van der Waals surface area contributed by atoms with Crippen LogP contribution in [0.4, 0.5) is 5.82 Å². The van der Waals surface area contributed by atoms with Gasteiger partial charge in [-0.2, -0.15) is 0 Å². The number of aryl methyl sites for hydroxylation is 1. The van der Waals surface area contributed by atoms with Crippen LogP contribution < -0.4 is 10.3 Å². The van der Waals surface area contributed by atoms with Gasteiger partial charge in [0, 0.05) is 11.5 Å². The summed E-state index contributed by atoms with van der Waals surface area (Å²) < 4.78 is 11.4. The molecule has 5 aromatic rings. The monoisotopic (exact) mass is 408 g/mol. The van der Waals surface area contributed by atoms with E-state index in [0.717, 1.165) is 16.3 Å². The van der Waals surface area contributed by atoms with Gasteiger partial charge in [0.05, 0.1) is 17.0 Å². The van der Waals surface area contributed by atoms with Gasteiger partial charge in [-0.25, -0.2) is 0 Å². The summed E-state index contributed by atoms with van der Waals surface area (Å²) in [5.41, 5.74) is 1.31. The molecular formula is C25H16N2O4. The number of aromatic nitrogens is 1. The van der Waals surface area contributed by atoms with Crippen molar-refractivity contribution in [2.45, 2.75) is 13.0 Å². The molecule has 1 aliphatic rings. The normalized spacial score (nSPS) is 15.7. The Balaban J connectivity index is 1.70. The van der Waals surface area contributed by atoms with Crippen LogP contribution in [0.5, 0.6) is 0 Å². The van der Waals surface area contributed by atoms with E-state index in [2.05, 4.69) is 5.16 Å². The van der Waals surface area contributed by atoms with E-state index < -0.39 is 11.9 Å². The Morgan fingerprint density at radius 1 is 0.903 bits per heavy atom. The summed E-state index contributed by atoms with van der Waals surface area (Å²) in [5, 5.41) is 6.22. The first-order valence-electron chi connectivity index (χ1n) is 9.94. The molecular weight excluding hydrogens is 392 g/mol. The smallest absolute Gasteiger partial charge is 0.296 e. The number of carbonyl (C=O) groups is 1. The molecule has 1 amide bonds. The van der Waals surface area contributed by atoms with Gasteiger partial charge in [-0.3, -0.25) is 14.5 Å². The molecule has 6 heteroatoms. The number of benzene rings is 3. The van der Waals surface area contributed by atoms with Crippen molar-refractivity contribution in [2.75, 3.05) is 4.90 Å². The predicted octanol–water partition coefficient (Wildman–Crippen LogP) is 4.99. The molecule has 0 bridgehead atoms. The fourth-order valence-electron chi connectivity index (χ4n) is 4.35. The third kappa shape index (κ3) is 2.48. The fraction of sp³-hybridized carbons (Fsp3) is 0.0800. The Kier molecular flexibility index (Phi) is 3.65. The molecule has 150 valence electrons. The highest BCUT2D eigenvalue weighted by Crippen LogP contribution is 2.41. The molecule has 6 nitrogen and oxygen atoms in total. The zero-order chi connectivity index (χ0) is 21.1. The van der Waals surface area contributed by atoms with Crippen molar-refractivity contribution in [3.63, 3.8) is 0 Å². The number of anilines is 1. The molecule has 1 atom stereocenters. The Morgan fingerprint density at radius 2 is 1.68 bits per heavy atom. The van der Waals surface area contributed by atoms with Gasteiger partial charge in [0.25, 0.3) is 5.91 Å². The third-order valence-corrected chi connectivity index (χ3v) is 5.74. The van der Waals surface area contributed by atoms with E-state index in [1.165, 1.54) is 4.90 Å². The standard InChI is InChI=1S/C25H16N2O4/c1-14-13-19(26-31-14)27-21(16-8-3-2-4-9-16)20-22(28)18-12-11-15-7-5-6-10-17(15)23(18)30-24(20)25(27)29/h2-13,21H,1H3/t21-/m0/s1. The lowest BCUT2D eigenvalue weighted by atomic mass is 9.97. The van der Waals surface area contributed by atoms with Gasteiger partial charge in [0.2, 0.25) is 5.76 Å². The van der Waals surface area contributed by atoms with E-state index in [-0.39, 0.29) is 11.2 Å². The first-order valence-corrected chi connectivity index (χ1v) is 9.94. The van der Waals surface area contributed by atoms with Crippen molar-refractivity contribution in [2.24, 2.45) is 0 Å². The minimum absolute atomic E-state index is 0.0448. The molecule has 0 spiro atoms. The van der Waals surface area contributed by atoms with Gasteiger partial charge >= 0.3 is 0 Å². The van der Waals surface area contributed by atoms with Crippen LogP contribution in [0.25, 0.3) is 21.7 Å². The quantitative estimate of drug-likeness (QED) is 0.385. The summed E-state index contributed by atoms with van der Waals surface area (Å²) in [7, 11) is 0. The summed E-state index contributed by atoms with van der Waals surface area (Å²) >= 11 is 0. The van der Waals surface area contributed by atoms with Crippen LogP contribution in [-0.2, 0) is 0 Å². The van der Waals surface area contributed by atoms with Gasteiger partial charge in [-0.1, -0.05) is 65.8 Å². The Bertz CT molecular complexity index is 1550. The molecule has 2 aromatic heterocycles. The highest BCUT2D eigenvalue weighted by molar-refractivity contribution is 6.12. The largest absolute Gasteiger partial charge is 0.450 e. The molecule has 0 unspecified atom stereocenters. The van der Waals surface area contributed by atoms with Crippen LogP contribution in [-0.4, -0.2) is 11.1 Å². The molecule has 0 saturated heterocycles. The molecule has 1 aliphatic heterocycles. The van der Waals surface area contributed by atoms with Gasteiger partial charge in [-0.05, 0) is 23.9 Å². The van der Waals surface area contributed by atoms with E-state index in [0.29, 0.717) is 28.1 Å². The summed E-state index contributed by atoms with van der Waals surface area (Å²) in [6, 6.07) is 21.7. The molecule has 0 aliphatic carbocycles. The van der Waals surface area contributed by atoms with Gasteiger partial charge in [0.1, 0.15) is 11.3 Å². The number of amides is 1. The summed E-state index contributed by atoms with van der Waals surface area (Å²) in [6.07, 6.45) is 0. The summed E-state index contributed by atoms with van der Waals surface area (Å²) in [4.78, 5) is 28.7. The topological polar surface area (TPSA) is 76.6 Å². The predicted molar refractivity (Wildman–Crippen MR) is 116 cm³/mol. The van der Waals surface area contributed by atoms with E-state index in [9.17, 15) is 9.59 Å². The number of fused-ring (bicyclic) bond motifs is 4. The van der Waals surface area contributed by atoms with Crippen molar-refractivity contribution in [1.29, 1.82) is 0 Å². The second kappa shape index (κ2) is 6.40. The van der Waals surface area contributed by atoms with Crippen molar-refractivity contribution in [1.82, 2.24) is 5.16 Å². The minimum atomic E-state index is -0.652. The van der Waals surface area contributed by atoms with Crippen LogP contribution >= 0.6 is 0 Å². The van der Waals surface area contributed by atoms with E-state index in [1.54, 1.807) is 19.1 Å².